The highest BCUT2D eigenvalue weighted by Gasteiger charge is 2.21. The van der Waals surface area contributed by atoms with E-state index in [1.54, 1.807) is 19.2 Å². The van der Waals surface area contributed by atoms with Crippen LogP contribution in [0.3, 0.4) is 0 Å². The van der Waals surface area contributed by atoms with Gasteiger partial charge in [0.05, 0.1) is 20.3 Å². The standard InChI is InChI=1S/C27H33FN4O3/c1-4-34-24-14-19(15-25(26(24)28)35-5-2)18-32-12-10-22(11-13-32)31-27-29-16-21(17-30-27)20-6-8-23(33-3)9-7-20/h6-9,14-17,22H,4-5,10-13,18H2,1-3H3,(H,29,30,31). The number of aromatic nitrogens is 2. The van der Waals surface area contributed by atoms with Crippen molar-refractivity contribution in [2.75, 3.05) is 38.7 Å². The zero-order chi connectivity index (χ0) is 24.6. The summed E-state index contributed by atoms with van der Waals surface area (Å²) in [6, 6.07) is 11.7. The number of likely N-dealkylation sites (tertiary alicyclic amines) is 1. The number of hydrogen-bond donors (Lipinski definition) is 1. The second-order valence-corrected chi connectivity index (χ2v) is 8.49. The van der Waals surface area contributed by atoms with Crippen LogP contribution >= 0.6 is 0 Å². The molecule has 1 N–H and O–H groups in total. The van der Waals surface area contributed by atoms with E-state index in [9.17, 15) is 4.39 Å². The van der Waals surface area contributed by atoms with Crippen molar-refractivity contribution in [1.29, 1.82) is 0 Å². The first-order valence-electron chi connectivity index (χ1n) is 12.1. The number of nitrogens with zero attached hydrogens (tertiary/aromatic N) is 3. The minimum atomic E-state index is -0.432. The van der Waals surface area contributed by atoms with Crippen LogP contribution in [-0.4, -0.2) is 54.3 Å². The number of benzene rings is 2. The van der Waals surface area contributed by atoms with Gasteiger partial charge >= 0.3 is 0 Å². The molecular weight excluding hydrogens is 447 g/mol. The highest BCUT2D eigenvalue weighted by Crippen LogP contribution is 2.30. The number of methoxy groups -OCH3 is 1. The van der Waals surface area contributed by atoms with Crippen molar-refractivity contribution in [3.05, 3.63) is 60.2 Å². The highest BCUT2D eigenvalue weighted by atomic mass is 19.1. The molecule has 3 aromatic rings. The predicted octanol–water partition coefficient (Wildman–Crippen LogP) is 5.17. The molecule has 7 nitrogen and oxygen atoms in total. The predicted molar refractivity (Wildman–Crippen MR) is 135 cm³/mol. The second kappa shape index (κ2) is 11.8. The zero-order valence-corrected chi connectivity index (χ0v) is 20.6. The Kier molecular flexibility index (Phi) is 8.36. The molecule has 35 heavy (non-hydrogen) atoms. The lowest BCUT2D eigenvalue weighted by Crippen LogP contribution is -2.39. The molecule has 0 spiro atoms. The Balaban J connectivity index is 1.31. The molecular formula is C27H33FN4O3. The third kappa shape index (κ3) is 6.39. The first kappa shape index (κ1) is 24.7. The Labute approximate surface area is 206 Å². The molecule has 0 atom stereocenters. The first-order chi connectivity index (χ1) is 17.1. The zero-order valence-electron chi connectivity index (χ0n) is 20.6. The number of rotatable bonds is 10. The van der Waals surface area contributed by atoms with Crippen LogP contribution in [0.1, 0.15) is 32.3 Å². The van der Waals surface area contributed by atoms with Gasteiger partial charge in [-0.05, 0) is 62.1 Å². The second-order valence-electron chi connectivity index (χ2n) is 8.49. The van der Waals surface area contributed by atoms with Crippen LogP contribution in [0.4, 0.5) is 10.3 Å². The van der Waals surface area contributed by atoms with E-state index in [0.717, 1.165) is 54.9 Å². The summed E-state index contributed by atoms with van der Waals surface area (Å²) in [6.07, 6.45) is 5.63. The van der Waals surface area contributed by atoms with Crippen molar-refractivity contribution in [1.82, 2.24) is 14.9 Å². The van der Waals surface area contributed by atoms with Gasteiger partial charge in [-0.3, -0.25) is 4.90 Å². The van der Waals surface area contributed by atoms with Gasteiger partial charge in [-0.25, -0.2) is 9.97 Å². The van der Waals surface area contributed by atoms with Crippen molar-refractivity contribution < 1.29 is 18.6 Å². The molecule has 0 saturated carbocycles. The highest BCUT2D eigenvalue weighted by molar-refractivity contribution is 5.62. The molecule has 2 aromatic carbocycles. The van der Waals surface area contributed by atoms with Gasteiger partial charge in [0.15, 0.2) is 11.5 Å². The quantitative estimate of drug-likeness (QED) is 0.430. The molecule has 1 aromatic heterocycles. The van der Waals surface area contributed by atoms with E-state index in [4.69, 9.17) is 14.2 Å². The molecule has 0 aliphatic carbocycles. The average molecular weight is 481 g/mol. The Hall–Kier alpha value is -3.39. The van der Waals surface area contributed by atoms with E-state index in [-0.39, 0.29) is 11.5 Å². The van der Waals surface area contributed by atoms with E-state index < -0.39 is 5.82 Å². The molecule has 0 unspecified atom stereocenters. The molecule has 4 rings (SSSR count). The van der Waals surface area contributed by atoms with Crippen LogP contribution < -0.4 is 19.5 Å². The third-order valence-corrected chi connectivity index (χ3v) is 6.07. The lowest BCUT2D eigenvalue weighted by Gasteiger charge is -2.32. The molecule has 2 heterocycles. The van der Waals surface area contributed by atoms with Gasteiger partial charge in [0, 0.05) is 43.6 Å². The maximum absolute atomic E-state index is 14.5. The number of piperidine rings is 1. The molecule has 1 aliphatic heterocycles. The van der Waals surface area contributed by atoms with Gasteiger partial charge < -0.3 is 19.5 Å². The summed E-state index contributed by atoms with van der Waals surface area (Å²) >= 11 is 0. The fourth-order valence-corrected chi connectivity index (χ4v) is 4.25. The summed E-state index contributed by atoms with van der Waals surface area (Å²) in [4.78, 5) is 11.4. The van der Waals surface area contributed by atoms with Crippen molar-refractivity contribution in [2.24, 2.45) is 0 Å². The van der Waals surface area contributed by atoms with Gasteiger partial charge in [-0.1, -0.05) is 12.1 Å². The van der Waals surface area contributed by atoms with Gasteiger partial charge in [0.1, 0.15) is 5.75 Å². The number of nitrogens with one attached hydrogen (secondary N) is 1. The Morgan fingerprint density at radius 3 is 2.09 bits per heavy atom. The molecule has 8 heteroatoms. The maximum Gasteiger partial charge on any atom is 0.222 e. The van der Waals surface area contributed by atoms with Gasteiger partial charge in [-0.15, -0.1) is 0 Å². The number of hydrogen-bond acceptors (Lipinski definition) is 7. The number of ether oxygens (including phenoxy) is 3. The molecule has 0 bridgehead atoms. The Morgan fingerprint density at radius 1 is 0.943 bits per heavy atom. The van der Waals surface area contributed by atoms with Crippen molar-refractivity contribution in [3.63, 3.8) is 0 Å². The molecule has 186 valence electrons. The van der Waals surface area contributed by atoms with Crippen LogP contribution in [0, 0.1) is 5.82 Å². The summed E-state index contributed by atoms with van der Waals surface area (Å²) < 4.78 is 30.7. The fraction of sp³-hybridized carbons (Fsp3) is 0.407. The summed E-state index contributed by atoms with van der Waals surface area (Å²) in [5.41, 5.74) is 3.00. The fourth-order valence-electron chi connectivity index (χ4n) is 4.25. The third-order valence-electron chi connectivity index (χ3n) is 6.07. The summed E-state index contributed by atoms with van der Waals surface area (Å²) in [5, 5.41) is 3.46. The van der Waals surface area contributed by atoms with Crippen LogP contribution in [0.5, 0.6) is 17.2 Å². The van der Waals surface area contributed by atoms with Crippen LogP contribution in [0.25, 0.3) is 11.1 Å². The summed E-state index contributed by atoms with van der Waals surface area (Å²) in [5.74, 6) is 1.53. The van der Waals surface area contributed by atoms with Crippen molar-refractivity contribution >= 4 is 5.95 Å². The summed E-state index contributed by atoms with van der Waals surface area (Å²) in [7, 11) is 1.66. The van der Waals surface area contributed by atoms with Crippen LogP contribution in [0.2, 0.25) is 0 Å². The smallest absolute Gasteiger partial charge is 0.222 e. The lowest BCUT2D eigenvalue weighted by molar-refractivity contribution is 0.210. The van der Waals surface area contributed by atoms with Crippen LogP contribution in [-0.2, 0) is 6.54 Å². The normalized spacial score (nSPS) is 14.5. The van der Waals surface area contributed by atoms with Crippen molar-refractivity contribution in [3.8, 4) is 28.4 Å². The van der Waals surface area contributed by atoms with E-state index in [1.807, 2.05) is 50.5 Å². The minimum Gasteiger partial charge on any atom is -0.497 e. The average Bonchev–Trinajstić information content (AvgIpc) is 2.89. The number of anilines is 1. The van der Waals surface area contributed by atoms with Gasteiger partial charge in [0.2, 0.25) is 11.8 Å². The van der Waals surface area contributed by atoms with Crippen molar-refractivity contribution in [2.45, 2.75) is 39.3 Å². The molecule has 1 saturated heterocycles. The molecule has 0 radical (unpaired) electrons. The lowest BCUT2D eigenvalue weighted by atomic mass is 10.0. The SMILES string of the molecule is CCOc1cc(CN2CCC(Nc3ncc(-c4ccc(OC)cc4)cn3)CC2)cc(OCC)c1F. The minimum absolute atomic E-state index is 0.250. The Morgan fingerprint density at radius 2 is 1.54 bits per heavy atom. The van der Waals surface area contributed by atoms with Gasteiger partial charge in [0.25, 0.3) is 0 Å². The monoisotopic (exact) mass is 480 g/mol. The summed E-state index contributed by atoms with van der Waals surface area (Å²) in [6.45, 7) is 7.08. The topological polar surface area (TPSA) is 68.7 Å². The molecule has 1 aliphatic rings. The first-order valence-corrected chi connectivity index (χ1v) is 12.1. The molecule has 0 amide bonds. The van der Waals surface area contributed by atoms with E-state index in [1.165, 1.54) is 0 Å². The van der Waals surface area contributed by atoms with E-state index in [2.05, 4.69) is 20.2 Å². The largest absolute Gasteiger partial charge is 0.497 e. The Bertz CT molecular complexity index is 1060. The van der Waals surface area contributed by atoms with E-state index in [0.29, 0.717) is 25.2 Å². The molecule has 1 fully saturated rings. The van der Waals surface area contributed by atoms with Gasteiger partial charge in [-0.2, -0.15) is 4.39 Å². The van der Waals surface area contributed by atoms with Crippen LogP contribution in [0.15, 0.2) is 48.8 Å². The number of halogens is 1. The maximum atomic E-state index is 14.5. The van der Waals surface area contributed by atoms with E-state index >= 15 is 0 Å².